The van der Waals surface area contributed by atoms with E-state index in [1.807, 2.05) is 37.6 Å². The Kier molecular flexibility index (Phi) is 6.66. The SMILES string of the molecule is Cc1nc2c(F)cc(-c3nc(Nc4ccc([C@@H](C)[C@@H]5CCCNC5)cn4)ncc3F)cc2n1C(C)C. The lowest BCUT2D eigenvalue weighted by Gasteiger charge is -2.28. The Morgan fingerprint density at radius 1 is 1.06 bits per heavy atom. The van der Waals surface area contributed by atoms with Crippen molar-refractivity contribution in [1.82, 2.24) is 29.8 Å². The average molecular weight is 492 g/mol. The van der Waals surface area contributed by atoms with Gasteiger partial charge in [0.05, 0.1) is 11.7 Å². The summed E-state index contributed by atoms with van der Waals surface area (Å²) in [6.07, 6.45) is 5.36. The third kappa shape index (κ3) is 4.67. The van der Waals surface area contributed by atoms with Crippen LogP contribution in [0.3, 0.4) is 0 Å². The largest absolute Gasteiger partial charge is 0.326 e. The molecule has 5 rings (SSSR count). The molecule has 0 amide bonds. The smallest absolute Gasteiger partial charge is 0.229 e. The number of aryl methyl sites for hydroxylation is 1. The van der Waals surface area contributed by atoms with Gasteiger partial charge in [-0.3, -0.25) is 0 Å². The third-order valence-electron chi connectivity index (χ3n) is 7.05. The second kappa shape index (κ2) is 9.89. The topological polar surface area (TPSA) is 80.6 Å². The number of anilines is 2. The number of rotatable bonds is 6. The van der Waals surface area contributed by atoms with Gasteiger partial charge in [0, 0.05) is 17.8 Å². The molecule has 0 bridgehead atoms. The standard InChI is InChI=1S/C27H31F2N7/c1-15(2)36-17(4)33-26-21(28)10-20(11-23(26)36)25-22(29)14-32-27(35-25)34-24-8-7-19(13-31-24)16(3)18-6-5-9-30-12-18/h7-8,10-11,13-16,18,30H,5-6,9,12H2,1-4H3,(H,31,32,34,35)/t16-,18+/m0/s1. The third-order valence-corrected chi connectivity index (χ3v) is 7.05. The van der Waals surface area contributed by atoms with E-state index < -0.39 is 11.6 Å². The maximum Gasteiger partial charge on any atom is 0.229 e. The molecule has 3 aromatic heterocycles. The van der Waals surface area contributed by atoms with Gasteiger partial charge in [0.15, 0.2) is 11.6 Å². The molecule has 0 unspecified atom stereocenters. The van der Waals surface area contributed by atoms with Crippen LogP contribution in [-0.2, 0) is 0 Å². The van der Waals surface area contributed by atoms with Crippen LogP contribution in [0.15, 0.2) is 36.7 Å². The lowest BCUT2D eigenvalue weighted by molar-refractivity contribution is 0.334. The molecule has 4 heterocycles. The molecule has 7 nitrogen and oxygen atoms in total. The summed E-state index contributed by atoms with van der Waals surface area (Å²) in [5, 5.41) is 6.52. The van der Waals surface area contributed by atoms with Crippen molar-refractivity contribution in [3.8, 4) is 11.3 Å². The number of piperidine rings is 1. The van der Waals surface area contributed by atoms with Gasteiger partial charge >= 0.3 is 0 Å². The molecule has 1 aliphatic heterocycles. The number of pyridine rings is 1. The number of fused-ring (bicyclic) bond motifs is 1. The van der Waals surface area contributed by atoms with E-state index in [9.17, 15) is 8.78 Å². The van der Waals surface area contributed by atoms with Gasteiger partial charge < -0.3 is 15.2 Å². The highest BCUT2D eigenvalue weighted by atomic mass is 19.1. The van der Waals surface area contributed by atoms with Gasteiger partial charge in [-0.2, -0.15) is 0 Å². The Hall–Kier alpha value is -3.46. The molecule has 0 radical (unpaired) electrons. The Balaban J connectivity index is 1.41. The van der Waals surface area contributed by atoms with Crippen molar-refractivity contribution in [1.29, 1.82) is 0 Å². The van der Waals surface area contributed by atoms with E-state index in [0.29, 0.717) is 34.6 Å². The van der Waals surface area contributed by atoms with Crippen molar-refractivity contribution in [2.24, 2.45) is 5.92 Å². The summed E-state index contributed by atoms with van der Waals surface area (Å²) in [6.45, 7) is 10.2. The predicted molar refractivity (Wildman–Crippen MR) is 137 cm³/mol. The summed E-state index contributed by atoms with van der Waals surface area (Å²) in [6, 6.07) is 7.00. The van der Waals surface area contributed by atoms with E-state index in [4.69, 9.17) is 0 Å². The van der Waals surface area contributed by atoms with E-state index >= 15 is 0 Å². The molecule has 2 atom stereocenters. The Bertz CT molecular complexity index is 1380. The van der Waals surface area contributed by atoms with Gasteiger partial charge in [0.2, 0.25) is 5.95 Å². The van der Waals surface area contributed by atoms with Crippen LogP contribution in [-0.4, -0.2) is 37.6 Å². The summed E-state index contributed by atoms with van der Waals surface area (Å²) in [7, 11) is 0. The normalized spacial score (nSPS) is 17.0. The lowest BCUT2D eigenvalue weighted by atomic mass is 9.83. The summed E-state index contributed by atoms with van der Waals surface area (Å²) in [4.78, 5) is 17.3. The number of imidazole rings is 1. The number of nitrogens with one attached hydrogen (secondary N) is 2. The van der Waals surface area contributed by atoms with Crippen LogP contribution in [0.25, 0.3) is 22.3 Å². The minimum Gasteiger partial charge on any atom is -0.326 e. The Labute approximate surface area is 209 Å². The van der Waals surface area contributed by atoms with E-state index in [2.05, 4.69) is 43.6 Å². The van der Waals surface area contributed by atoms with Crippen LogP contribution in [0.4, 0.5) is 20.5 Å². The monoisotopic (exact) mass is 491 g/mol. The first kappa shape index (κ1) is 24.2. The molecule has 0 spiro atoms. The zero-order chi connectivity index (χ0) is 25.4. The number of nitrogens with zero attached hydrogens (tertiary/aromatic N) is 5. The molecule has 0 saturated carbocycles. The highest BCUT2D eigenvalue weighted by Crippen LogP contribution is 2.31. The molecular formula is C27H31F2N7. The van der Waals surface area contributed by atoms with Crippen LogP contribution in [0, 0.1) is 24.5 Å². The van der Waals surface area contributed by atoms with Crippen LogP contribution < -0.4 is 10.6 Å². The molecular weight excluding hydrogens is 460 g/mol. The van der Waals surface area contributed by atoms with Crippen LogP contribution in [0.5, 0.6) is 0 Å². The second-order valence-electron chi connectivity index (χ2n) is 9.84. The molecule has 4 aromatic rings. The predicted octanol–water partition coefficient (Wildman–Crippen LogP) is 5.90. The fourth-order valence-electron chi connectivity index (χ4n) is 5.13. The molecule has 1 fully saturated rings. The van der Waals surface area contributed by atoms with Crippen molar-refractivity contribution in [2.45, 2.75) is 52.5 Å². The minimum absolute atomic E-state index is 0.0116. The van der Waals surface area contributed by atoms with Gasteiger partial charge in [-0.05, 0) is 82.3 Å². The first-order valence-corrected chi connectivity index (χ1v) is 12.5. The van der Waals surface area contributed by atoms with Crippen molar-refractivity contribution in [3.63, 3.8) is 0 Å². The summed E-state index contributed by atoms with van der Waals surface area (Å²) < 4.78 is 31.7. The van der Waals surface area contributed by atoms with E-state index in [1.54, 1.807) is 6.07 Å². The first-order chi connectivity index (χ1) is 17.3. The molecule has 0 aliphatic carbocycles. The van der Waals surface area contributed by atoms with Gasteiger partial charge in [0.1, 0.15) is 22.9 Å². The van der Waals surface area contributed by atoms with Crippen LogP contribution in [0.2, 0.25) is 0 Å². The molecule has 188 valence electrons. The molecule has 2 N–H and O–H groups in total. The van der Waals surface area contributed by atoms with Crippen molar-refractivity contribution >= 4 is 22.8 Å². The molecule has 36 heavy (non-hydrogen) atoms. The summed E-state index contributed by atoms with van der Waals surface area (Å²) >= 11 is 0. The molecule has 1 aliphatic rings. The van der Waals surface area contributed by atoms with Gasteiger partial charge in [0.25, 0.3) is 0 Å². The molecule has 9 heteroatoms. The Morgan fingerprint density at radius 3 is 2.58 bits per heavy atom. The van der Waals surface area contributed by atoms with Crippen LogP contribution >= 0.6 is 0 Å². The highest BCUT2D eigenvalue weighted by molar-refractivity contribution is 5.83. The Morgan fingerprint density at radius 2 is 1.89 bits per heavy atom. The van der Waals surface area contributed by atoms with Gasteiger partial charge in [-0.15, -0.1) is 0 Å². The maximum atomic E-state index is 14.9. The second-order valence-corrected chi connectivity index (χ2v) is 9.84. The number of benzene rings is 1. The van der Waals surface area contributed by atoms with Gasteiger partial charge in [-0.25, -0.2) is 28.7 Å². The zero-order valence-corrected chi connectivity index (χ0v) is 21.0. The van der Waals surface area contributed by atoms with Crippen LogP contribution in [0.1, 0.15) is 57.0 Å². The fraction of sp³-hybridized carbons (Fsp3) is 0.407. The number of aromatic nitrogens is 5. The van der Waals surface area contributed by atoms with E-state index in [-0.39, 0.29) is 23.2 Å². The van der Waals surface area contributed by atoms with Crippen molar-refractivity contribution in [3.05, 3.63) is 59.7 Å². The van der Waals surface area contributed by atoms with Crippen molar-refractivity contribution < 1.29 is 8.78 Å². The number of hydrogen-bond acceptors (Lipinski definition) is 6. The van der Waals surface area contributed by atoms with E-state index in [0.717, 1.165) is 19.3 Å². The quantitative estimate of drug-likeness (QED) is 0.349. The average Bonchev–Trinajstić information content (AvgIpc) is 3.22. The molecule has 1 aromatic carbocycles. The maximum absolute atomic E-state index is 14.9. The molecule has 1 saturated heterocycles. The summed E-state index contributed by atoms with van der Waals surface area (Å²) in [5.74, 6) is 1.29. The first-order valence-electron chi connectivity index (χ1n) is 12.5. The fourth-order valence-corrected chi connectivity index (χ4v) is 5.13. The highest BCUT2D eigenvalue weighted by Gasteiger charge is 2.22. The zero-order valence-electron chi connectivity index (χ0n) is 21.0. The summed E-state index contributed by atoms with van der Waals surface area (Å²) in [5.41, 5.74) is 2.38. The van der Waals surface area contributed by atoms with E-state index in [1.165, 1.54) is 24.5 Å². The van der Waals surface area contributed by atoms with Crippen molar-refractivity contribution in [2.75, 3.05) is 18.4 Å². The lowest BCUT2D eigenvalue weighted by Crippen LogP contribution is -2.32. The number of halogens is 2. The number of hydrogen-bond donors (Lipinski definition) is 2. The minimum atomic E-state index is -0.634. The van der Waals surface area contributed by atoms with Gasteiger partial charge in [-0.1, -0.05) is 13.0 Å².